The number of nitrogens with zero attached hydrogens (tertiary/aromatic N) is 3. The molecule has 4 rings (SSSR count). The first-order valence-corrected chi connectivity index (χ1v) is 9.43. The van der Waals surface area contributed by atoms with Crippen molar-refractivity contribution in [3.05, 3.63) is 57.8 Å². The van der Waals surface area contributed by atoms with Gasteiger partial charge in [0.05, 0.1) is 13.2 Å². The van der Waals surface area contributed by atoms with Crippen molar-refractivity contribution in [1.29, 1.82) is 0 Å². The predicted octanol–water partition coefficient (Wildman–Crippen LogP) is 1.91. The Bertz CT molecular complexity index is 931. The van der Waals surface area contributed by atoms with Crippen molar-refractivity contribution in [2.24, 2.45) is 5.92 Å². The Kier molecular flexibility index (Phi) is 5.23. The van der Waals surface area contributed by atoms with Crippen LogP contribution in [0, 0.1) is 18.7 Å². The van der Waals surface area contributed by atoms with Gasteiger partial charge >= 0.3 is 0 Å². The molecule has 0 bridgehead atoms. The fourth-order valence-electron chi connectivity index (χ4n) is 3.74. The summed E-state index contributed by atoms with van der Waals surface area (Å²) < 4.78 is 26.6. The van der Waals surface area contributed by atoms with Gasteiger partial charge in [-0.3, -0.25) is 9.59 Å². The molecule has 148 valence electrons. The van der Waals surface area contributed by atoms with E-state index in [0.29, 0.717) is 32.0 Å². The smallest absolute Gasteiger partial charge is 0.278 e. The van der Waals surface area contributed by atoms with Gasteiger partial charge in [-0.05, 0) is 31.9 Å². The first-order valence-electron chi connectivity index (χ1n) is 9.43. The maximum absolute atomic E-state index is 14.2. The van der Waals surface area contributed by atoms with Crippen LogP contribution in [0.3, 0.4) is 0 Å². The molecule has 7 nitrogen and oxygen atoms in total. The zero-order valence-corrected chi connectivity index (χ0v) is 15.6. The number of amides is 1. The van der Waals surface area contributed by atoms with Gasteiger partial charge in [-0.25, -0.2) is 9.07 Å². The van der Waals surface area contributed by atoms with E-state index in [1.807, 2.05) is 0 Å². The lowest BCUT2D eigenvalue weighted by Crippen LogP contribution is -2.43. The summed E-state index contributed by atoms with van der Waals surface area (Å²) in [4.78, 5) is 27.0. The molecule has 0 saturated carbocycles. The minimum atomic E-state index is -0.475. The number of carbonyl (C=O) groups is 1. The van der Waals surface area contributed by atoms with E-state index in [9.17, 15) is 14.0 Å². The van der Waals surface area contributed by atoms with E-state index in [4.69, 9.17) is 9.47 Å². The van der Waals surface area contributed by atoms with E-state index in [1.54, 1.807) is 30.0 Å². The van der Waals surface area contributed by atoms with Crippen molar-refractivity contribution < 1.29 is 18.7 Å². The SMILES string of the molecule is Cc1cc(=O)c(C(=O)N2CCC(C3OCCO3)CC2)nn1-c1ccccc1F. The molecule has 2 aromatic rings. The molecule has 0 spiro atoms. The number of aromatic nitrogens is 2. The molecular weight excluding hydrogens is 365 g/mol. The van der Waals surface area contributed by atoms with Gasteiger partial charge < -0.3 is 14.4 Å². The van der Waals surface area contributed by atoms with Crippen molar-refractivity contribution in [3.8, 4) is 5.69 Å². The van der Waals surface area contributed by atoms with Crippen molar-refractivity contribution in [3.63, 3.8) is 0 Å². The second-order valence-corrected chi connectivity index (χ2v) is 7.10. The van der Waals surface area contributed by atoms with Gasteiger partial charge in [0.25, 0.3) is 5.91 Å². The second kappa shape index (κ2) is 7.81. The van der Waals surface area contributed by atoms with Crippen LogP contribution >= 0.6 is 0 Å². The summed E-state index contributed by atoms with van der Waals surface area (Å²) in [6.07, 6.45) is 1.28. The Balaban J connectivity index is 1.56. The number of halogens is 1. The number of ether oxygens (including phenoxy) is 2. The van der Waals surface area contributed by atoms with E-state index in [-0.39, 0.29) is 23.6 Å². The first kappa shape index (κ1) is 18.8. The number of para-hydroxylation sites is 1. The number of hydrogen-bond acceptors (Lipinski definition) is 5. The maximum Gasteiger partial charge on any atom is 0.278 e. The highest BCUT2D eigenvalue weighted by molar-refractivity contribution is 5.92. The topological polar surface area (TPSA) is 73.7 Å². The van der Waals surface area contributed by atoms with Crippen LogP contribution in [0.1, 0.15) is 29.0 Å². The molecule has 2 aliphatic heterocycles. The Morgan fingerprint density at radius 2 is 1.86 bits per heavy atom. The van der Waals surface area contributed by atoms with Crippen molar-refractivity contribution in [2.45, 2.75) is 26.1 Å². The molecule has 1 aromatic carbocycles. The van der Waals surface area contributed by atoms with E-state index in [1.165, 1.54) is 16.8 Å². The summed E-state index contributed by atoms with van der Waals surface area (Å²) in [5, 5.41) is 4.20. The molecule has 0 unspecified atom stereocenters. The fourth-order valence-corrected chi connectivity index (χ4v) is 3.74. The van der Waals surface area contributed by atoms with E-state index in [2.05, 4.69) is 5.10 Å². The van der Waals surface area contributed by atoms with Gasteiger partial charge in [-0.2, -0.15) is 5.10 Å². The van der Waals surface area contributed by atoms with Crippen LogP contribution in [0.25, 0.3) is 5.69 Å². The van der Waals surface area contributed by atoms with Crippen LogP contribution in [0.15, 0.2) is 35.1 Å². The lowest BCUT2D eigenvalue weighted by atomic mass is 9.96. The van der Waals surface area contributed by atoms with Crippen LogP contribution in [-0.2, 0) is 9.47 Å². The third kappa shape index (κ3) is 3.57. The first-order chi connectivity index (χ1) is 13.5. The molecule has 2 saturated heterocycles. The molecule has 2 fully saturated rings. The average Bonchev–Trinajstić information content (AvgIpc) is 3.23. The standard InChI is InChI=1S/C20H22FN3O4/c1-13-12-17(25)18(22-24(13)16-5-3-2-4-15(16)21)19(26)23-8-6-14(7-9-23)20-27-10-11-28-20/h2-5,12,14,20H,6-11H2,1H3. The molecule has 1 aromatic heterocycles. The Morgan fingerprint density at radius 1 is 1.18 bits per heavy atom. The number of aryl methyl sites for hydroxylation is 1. The lowest BCUT2D eigenvalue weighted by molar-refractivity contribution is -0.0956. The number of carbonyl (C=O) groups excluding carboxylic acids is 1. The summed E-state index contributed by atoms with van der Waals surface area (Å²) in [6, 6.07) is 7.44. The van der Waals surface area contributed by atoms with Gasteiger partial charge in [-0.1, -0.05) is 12.1 Å². The highest BCUT2D eigenvalue weighted by Crippen LogP contribution is 2.26. The van der Waals surface area contributed by atoms with Crippen LogP contribution in [0.4, 0.5) is 4.39 Å². The summed E-state index contributed by atoms with van der Waals surface area (Å²) in [6.45, 7) is 3.87. The molecule has 3 heterocycles. The lowest BCUT2D eigenvalue weighted by Gasteiger charge is -2.33. The molecule has 1 amide bonds. The summed E-state index contributed by atoms with van der Waals surface area (Å²) in [5.41, 5.74) is 0.00419. The van der Waals surface area contributed by atoms with Gasteiger partial charge in [0, 0.05) is 30.8 Å². The number of piperidine rings is 1. The van der Waals surface area contributed by atoms with Crippen molar-refractivity contribution in [2.75, 3.05) is 26.3 Å². The quantitative estimate of drug-likeness (QED) is 0.804. The molecule has 0 radical (unpaired) electrons. The molecule has 2 aliphatic rings. The van der Waals surface area contributed by atoms with E-state index < -0.39 is 17.2 Å². The fraction of sp³-hybridized carbons (Fsp3) is 0.450. The summed E-state index contributed by atoms with van der Waals surface area (Å²) in [5.74, 6) is -0.660. The molecular formula is C20H22FN3O4. The van der Waals surface area contributed by atoms with E-state index in [0.717, 1.165) is 12.8 Å². The third-order valence-corrected chi connectivity index (χ3v) is 5.25. The number of likely N-dealkylation sites (tertiary alicyclic amines) is 1. The number of benzene rings is 1. The molecule has 0 atom stereocenters. The highest BCUT2D eigenvalue weighted by atomic mass is 19.1. The van der Waals surface area contributed by atoms with Crippen molar-refractivity contribution >= 4 is 5.91 Å². The summed E-state index contributed by atoms with van der Waals surface area (Å²) in [7, 11) is 0. The molecule has 0 aliphatic carbocycles. The normalized spacial score (nSPS) is 18.6. The van der Waals surface area contributed by atoms with Crippen LogP contribution < -0.4 is 5.43 Å². The maximum atomic E-state index is 14.2. The van der Waals surface area contributed by atoms with Crippen molar-refractivity contribution in [1.82, 2.24) is 14.7 Å². The average molecular weight is 387 g/mol. The Hall–Kier alpha value is -2.58. The van der Waals surface area contributed by atoms with Gasteiger partial charge in [0.2, 0.25) is 5.43 Å². The number of hydrogen-bond donors (Lipinski definition) is 0. The third-order valence-electron chi connectivity index (χ3n) is 5.25. The van der Waals surface area contributed by atoms with E-state index >= 15 is 0 Å². The summed E-state index contributed by atoms with van der Waals surface area (Å²) >= 11 is 0. The van der Waals surface area contributed by atoms with Gasteiger partial charge in [0.1, 0.15) is 11.5 Å². The number of rotatable bonds is 3. The monoisotopic (exact) mass is 387 g/mol. The predicted molar refractivity (Wildman–Crippen MR) is 98.8 cm³/mol. The van der Waals surface area contributed by atoms with Crippen LogP contribution in [0.2, 0.25) is 0 Å². The van der Waals surface area contributed by atoms with Crippen LogP contribution in [0.5, 0.6) is 0 Å². The van der Waals surface area contributed by atoms with Crippen LogP contribution in [-0.4, -0.2) is 53.2 Å². The largest absolute Gasteiger partial charge is 0.350 e. The zero-order valence-electron chi connectivity index (χ0n) is 15.6. The minimum absolute atomic E-state index is 0.194. The highest BCUT2D eigenvalue weighted by Gasteiger charge is 2.33. The van der Waals surface area contributed by atoms with Gasteiger partial charge in [-0.15, -0.1) is 0 Å². The Labute approximate surface area is 161 Å². The molecule has 0 N–H and O–H groups in total. The zero-order chi connectivity index (χ0) is 19.7. The van der Waals surface area contributed by atoms with Gasteiger partial charge in [0.15, 0.2) is 12.0 Å². The second-order valence-electron chi connectivity index (χ2n) is 7.10. The molecule has 28 heavy (non-hydrogen) atoms. The molecule has 8 heteroatoms. The Morgan fingerprint density at radius 3 is 2.54 bits per heavy atom. The minimum Gasteiger partial charge on any atom is -0.350 e.